The number of hydrogen-bond donors (Lipinski definition) is 1. The summed E-state index contributed by atoms with van der Waals surface area (Å²) in [7, 11) is -1.53. The van der Waals surface area contributed by atoms with Crippen molar-refractivity contribution in [3.63, 3.8) is 0 Å². The van der Waals surface area contributed by atoms with E-state index in [1.54, 1.807) is 16.3 Å². The van der Waals surface area contributed by atoms with Gasteiger partial charge in [0.2, 0.25) is 0 Å². The SMILES string of the molecule is CC1=C(C)C(C)C([Si](C)(C)NC(C)(C)C)=C1C.[Ti].[Ti].[Ti]. The first-order valence-electron chi connectivity index (χ1n) is 6.65. The van der Waals surface area contributed by atoms with E-state index < -0.39 is 8.24 Å². The third-order valence-electron chi connectivity index (χ3n) is 4.00. The minimum absolute atomic E-state index is 0. The Morgan fingerprint density at radius 2 is 1.30 bits per heavy atom. The van der Waals surface area contributed by atoms with Crippen molar-refractivity contribution >= 4 is 8.24 Å². The van der Waals surface area contributed by atoms with E-state index in [4.69, 9.17) is 0 Å². The maximum atomic E-state index is 3.89. The molecule has 0 aliphatic heterocycles. The summed E-state index contributed by atoms with van der Waals surface area (Å²) in [6.45, 7) is 20.9. The van der Waals surface area contributed by atoms with Crippen molar-refractivity contribution in [1.82, 2.24) is 4.98 Å². The minimum atomic E-state index is -1.53. The zero-order chi connectivity index (χ0) is 13.6. The number of nitrogens with one attached hydrogen (secondary N) is 1. The van der Waals surface area contributed by atoms with Crippen LogP contribution < -0.4 is 4.98 Å². The van der Waals surface area contributed by atoms with Crippen LogP contribution >= 0.6 is 0 Å². The Morgan fingerprint density at radius 3 is 1.55 bits per heavy atom. The van der Waals surface area contributed by atoms with Crippen molar-refractivity contribution in [2.24, 2.45) is 5.92 Å². The fraction of sp³-hybridized carbons (Fsp3) is 0.733. The van der Waals surface area contributed by atoms with Crippen LogP contribution in [0.5, 0.6) is 0 Å². The number of allylic oxidation sites excluding steroid dienone is 4. The Labute approximate surface area is 171 Å². The Hall–Kier alpha value is 1.80. The van der Waals surface area contributed by atoms with Crippen molar-refractivity contribution in [1.29, 1.82) is 0 Å². The van der Waals surface area contributed by atoms with E-state index in [1.807, 2.05) is 0 Å². The van der Waals surface area contributed by atoms with E-state index in [1.165, 1.54) is 5.57 Å². The Morgan fingerprint density at radius 1 is 0.900 bits per heavy atom. The van der Waals surface area contributed by atoms with Gasteiger partial charge in [-0.15, -0.1) is 0 Å². The Balaban J connectivity index is -0.000000963. The Kier molecular flexibility index (Phi) is 12.3. The van der Waals surface area contributed by atoms with Gasteiger partial charge in [-0.25, -0.2) is 0 Å². The van der Waals surface area contributed by atoms with Gasteiger partial charge in [0.05, 0.1) is 0 Å². The van der Waals surface area contributed by atoms with Gasteiger partial charge in [0.1, 0.15) is 8.24 Å². The van der Waals surface area contributed by atoms with Crippen molar-refractivity contribution in [3.05, 3.63) is 21.9 Å². The summed E-state index contributed by atoms with van der Waals surface area (Å²) in [6, 6.07) is 0. The van der Waals surface area contributed by atoms with Crippen molar-refractivity contribution < 1.29 is 65.2 Å². The third kappa shape index (κ3) is 6.13. The molecule has 1 nitrogen and oxygen atoms in total. The zero-order valence-electron chi connectivity index (χ0n) is 14.6. The van der Waals surface area contributed by atoms with Crippen molar-refractivity contribution in [3.8, 4) is 0 Å². The summed E-state index contributed by atoms with van der Waals surface area (Å²) < 4.78 is 0. The average molecular weight is 395 g/mol. The van der Waals surface area contributed by atoms with Gasteiger partial charge in [-0.1, -0.05) is 36.4 Å². The van der Waals surface area contributed by atoms with Gasteiger partial charge in [-0.2, -0.15) is 0 Å². The second-order valence-corrected chi connectivity index (χ2v) is 11.1. The molecule has 0 saturated carbocycles. The molecule has 20 heavy (non-hydrogen) atoms. The van der Waals surface area contributed by atoms with Gasteiger partial charge >= 0.3 is 0 Å². The quantitative estimate of drug-likeness (QED) is 0.684. The smallest absolute Gasteiger partial charge is 0.148 e. The molecule has 0 saturated heterocycles. The van der Waals surface area contributed by atoms with Crippen LogP contribution in [-0.4, -0.2) is 13.8 Å². The molecule has 5 heteroatoms. The maximum Gasteiger partial charge on any atom is 0.148 e. The molecular weight excluding hydrogens is 366 g/mol. The van der Waals surface area contributed by atoms with E-state index >= 15 is 0 Å². The Bertz CT molecular complexity index is 392. The molecule has 1 atom stereocenters. The summed E-state index contributed by atoms with van der Waals surface area (Å²) in [4.78, 5) is 3.89. The molecule has 1 aliphatic rings. The van der Waals surface area contributed by atoms with Crippen LogP contribution in [0, 0.1) is 5.92 Å². The predicted molar refractivity (Wildman–Crippen MR) is 80.6 cm³/mol. The number of rotatable bonds is 2. The summed E-state index contributed by atoms with van der Waals surface area (Å²) in [6.07, 6.45) is 0. The van der Waals surface area contributed by atoms with Gasteiger partial charge in [0.25, 0.3) is 0 Å². The first kappa shape index (κ1) is 26.7. The van der Waals surface area contributed by atoms with Crippen LogP contribution in [0.15, 0.2) is 21.9 Å². The standard InChI is InChI=1S/C15H29NSi.3Ti/c1-10-11(2)13(4)14(12(10)3)17(8,9)16-15(5,6)7;;;/h12,16H,1-9H3;;;. The van der Waals surface area contributed by atoms with Crippen LogP contribution in [0.3, 0.4) is 0 Å². The molecule has 0 fully saturated rings. The van der Waals surface area contributed by atoms with Crippen LogP contribution in [-0.2, 0) is 65.2 Å². The minimum Gasteiger partial charge on any atom is -0.329 e. The van der Waals surface area contributed by atoms with Crippen molar-refractivity contribution in [2.45, 2.75) is 67.1 Å². The summed E-state index contributed by atoms with van der Waals surface area (Å²) in [5.41, 5.74) is 4.83. The molecule has 0 amide bonds. The van der Waals surface area contributed by atoms with E-state index in [-0.39, 0.29) is 70.7 Å². The first-order chi connectivity index (χ1) is 7.47. The normalized spacial score (nSPS) is 19.4. The van der Waals surface area contributed by atoms with Crippen LogP contribution in [0.1, 0.15) is 48.5 Å². The molecule has 110 valence electrons. The fourth-order valence-electron chi connectivity index (χ4n) is 3.38. The van der Waals surface area contributed by atoms with Crippen molar-refractivity contribution in [2.75, 3.05) is 0 Å². The van der Waals surface area contributed by atoms with Crippen LogP contribution in [0.2, 0.25) is 13.1 Å². The summed E-state index contributed by atoms with van der Waals surface area (Å²) in [5.74, 6) is 0.631. The molecule has 0 radical (unpaired) electrons. The monoisotopic (exact) mass is 395 g/mol. The van der Waals surface area contributed by atoms with Gasteiger partial charge in [-0.05, 0) is 53.0 Å². The van der Waals surface area contributed by atoms with Gasteiger partial charge in [0, 0.05) is 70.7 Å². The molecule has 0 aromatic rings. The summed E-state index contributed by atoms with van der Waals surface area (Å²) in [5, 5.41) is 1.70. The van der Waals surface area contributed by atoms with E-state index in [0.717, 1.165) is 0 Å². The average Bonchev–Trinajstić information content (AvgIpc) is 2.27. The fourth-order valence-corrected chi connectivity index (χ4v) is 7.81. The van der Waals surface area contributed by atoms with Gasteiger partial charge in [0.15, 0.2) is 0 Å². The maximum absolute atomic E-state index is 3.89. The first-order valence-corrected chi connectivity index (χ1v) is 9.65. The molecule has 1 unspecified atom stereocenters. The summed E-state index contributed by atoms with van der Waals surface area (Å²) >= 11 is 0. The molecule has 0 aromatic heterocycles. The largest absolute Gasteiger partial charge is 0.329 e. The van der Waals surface area contributed by atoms with E-state index in [2.05, 4.69) is 66.5 Å². The van der Waals surface area contributed by atoms with Gasteiger partial charge < -0.3 is 4.98 Å². The molecule has 0 heterocycles. The topological polar surface area (TPSA) is 12.0 Å². The molecule has 1 aliphatic carbocycles. The number of hydrogen-bond acceptors (Lipinski definition) is 1. The second-order valence-electron chi connectivity index (χ2n) is 7.07. The second kappa shape index (κ2) is 9.18. The third-order valence-corrected chi connectivity index (χ3v) is 7.53. The zero-order valence-corrected chi connectivity index (χ0v) is 20.3. The molecule has 0 bridgehead atoms. The van der Waals surface area contributed by atoms with Crippen LogP contribution in [0.4, 0.5) is 0 Å². The molecule has 1 rings (SSSR count). The van der Waals surface area contributed by atoms with Gasteiger partial charge in [-0.3, -0.25) is 0 Å². The molecular formula is C15H29NSiTi3. The van der Waals surface area contributed by atoms with Crippen LogP contribution in [0.25, 0.3) is 0 Å². The molecule has 0 spiro atoms. The van der Waals surface area contributed by atoms with E-state index in [9.17, 15) is 0 Å². The molecule has 0 aromatic carbocycles. The molecule has 1 N–H and O–H groups in total. The van der Waals surface area contributed by atoms with E-state index in [0.29, 0.717) is 5.92 Å². The predicted octanol–water partition coefficient (Wildman–Crippen LogP) is 4.41.